The molecule has 1 aliphatic carbocycles. The van der Waals surface area contributed by atoms with Crippen LogP contribution >= 0.6 is 0 Å². The van der Waals surface area contributed by atoms with Crippen LogP contribution in [0.4, 0.5) is 16.2 Å². The molecule has 3 aliphatic heterocycles. The number of urea groups is 1. The Hall–Kier alpha value is -3.95. The average Bonchev–Trinajstić information content (AvgIpc) is 3.50. The highest BCUT2D eigenvalue weighted by molar-refractivity contribution is 6.06. The number of hydrogen-bond acceptors (Lipinski definition) is 6. The third-order valence-corrected chi connectivity index (χ3v) is 8.60. The number of amides is 4. The number of anilines is 2. The molecule has 0 spiro atoms. The van der Waals surface area contributed by atoms with Crippen molar-refractivity contribution in [2.24, 2.45) is 0 Å². The number of nitrogens with one attached hydrogen (secondary N) is 2. The third-order valence-electron chi connectivity index (χ3n) is 8.60. The summed E-state index contributed by atoms with van der Waals surface area (Å²) in [4.78, 5) is 45.7. The van der Waals surface area contributed by atoms with Crippen LogP contribution in [-0.4, -0.2) is 79.7 Å². The summed E-state index contributed by atoms with van der Waals surface area (Å²) in [6.45, 7) is 4.09. The third kappa shape index (κ3) is 6.21. The van der Waals surface area contributed by atoms with Crippen LogP contribution in [0.3, 0.4) is 0 Å². The summed E-state index contributed by atoms with van der Waals surface area (Å²) in [6.07, 6.45) is 8.86. The van der Waals surface area contributed by atoms with Crippen molar-refractivity contribution in [1.82, 2.24) is 15.1 Å². The zero-order chi connectivity index (χ0) is 28.2. The van der Waals surface area contributed by atoms with Gasteiger partial charge in [-0.3, -0.25) is 9.59 Å². The Bertz CT molecular complexity index is 1280. The molecule has 2 N–H and O–H groups in total. The molecule has 4 amide bonds. The van der Waals surface area contributed by atoms with E-state index in [9.17, 15) is 14.4 Å². The first-order chi connectivity index (χ1) is 20.0. The van der Waals surface area contributed by atoms with Gasteiger partial charge in [0.05, 0.1) is 5.56 Å². The van der Waals surface area contributed by atoms with Crippen LogP contribution in [0.25, 0.3) is 0 Å². The second-order valence-corrected chi connectivity index (χ2v) is 11.4. The average molecular weight is 562 g/mol. The van der Waals surface area contributed by atoms with Gasteiger partial charge in [-0.15, -0.1) is 0 Å². The van der Waals surface area contributed by atoms with Crippen molar-refractivity contribution in [3.8, 4) is 11.5 Å². The Balaban J connectivity index is 1.17. The maximum Gasteiger partial charge on any atom is 0.317 e. The predicted octanol–water partition coefficient (Wildman–Crippen LogP) is 4.46. The molecule has 2 aromatic carbocycles. The lowest BCUT2D eigenvalue weighted by Gasteiger charge is -2.38. The van der Waals surface area contributed by atoms with E-state index in [0.717, 1.165) is 50.9 Å². The van der Waals surface area contributed by atoms with E-state index in [2.05, 4.69) is 15.5 Å². The molecule has 4 aliphatic rings. The van der Waals surface area contributed by atoms with Crippen LogP contribution in [0.2, 0.25) is 0 Å². The standard InChI is InChI=1S/C31H39N5O5/c37-29(22-9-12-27-28(19-22)41-21-40-27)32-24-10-11-26(25(20-24)30(38)35-13-5-2-6-14-35)34-15-17-36(18-16-34)31(39)33-23-7-3-1-4-8-23/h9-12,19-20,23H,1-8,13-18,21H2,(H,32,37)(H,33,39). The van der Waals surface area contributed by atoms with Crippen molar-refractivity contribution in [2.75, 3.05) is 56.3 Å². The second-order valence-electron chi connectivity index (χ2n) is 11.4. The smallest absolute Gasteiger partial charge is 0.317 e. The molecule has 41 heavy (non-hydrogen) atoms. The van der Waals surface area contributed by atoms with Crippen molar-refractivity contribution in [1.29, 1.82) is 0 Å². The van der Waals surface area contributed by atoms with E-state index in [1.54, 1.807) is 24.3 Å². The highest BCUT2D eigenvalue weighted by atomic mass is 16.7. The fourth-order valence-electron chi connectivity index (χ4n) is 6.23. The van der Waals surface area contributed by atoms with Crippen LogP contribution in [0, 0.1) is 0 Å². The minimum atomic E-state index is -0.287. The number of fused-ring (bicyclic) bond motifs is 1. The number of nitrogens with zero attached hydrogens (tertiary/aromatic N) is 3. The van der Waals surface area contributed by atoms with Crippen LogP contribution in [0.5, 0.6) is 11.5 Å². The molecule has 3 fully saturated rings. The Morgan fingerprint density at radius 2 is 1.46 bits per heavy atom. The van der Waals surface area contributed by atoms with Gasteiger partial charge in [0.25, 0.3) is 11.8 Å². The highest BCUT2D eigenvalue weighted by Crippen LogP contribution is 2.33. The minimum absolute atomic E-state index is 0.0164. The Morgan fingerprint density at radius 1 is 0.732 bits per heavy atom. The van der Waals surface area contributed by atoms with E-state index in [1.807, 2.05) is 21.9 Å². The summed E-state index contributed by atoms with van der Waals surface area (Å²) < 4.78 is 10.8. The monoisotopic (exact) mass is 561 g/mol. The van der Waals surface area contributed by atoms with Gasteiger partial charge in [0.1, 0.15) is 0 Å². The number of hydrogen-bond donors (Lipinski definition) is 2. The largest absolute Gasteiger partial charge is 0.454 e. The molecule has 0 aromatic heterocycles. The molecule has 0 atom stereocenters. The summed E-state index contributed by atoms with van der Waals surface area (Å²) >= 11 is 0. The van der Waals surface area contributed by atoms with Crippen molar-refractivity contribution in [2.45, 2.75) is 57.4 Å². The predicted molar refractivity (Wildman–Crippen MR) is 156 cm³/mol. The van der Waals surface area contributed by atoms with Crippen LogP contribution in [-0.2, 0) is 0 Å². The van der Waals surface area contributed by atoms with Crippen LogP contribution in [0.1, 0.15) is 72.1 Å². The lowest BCUT2D eigenvalue weighted by Crippen LogP contribution is -2.54. The SMILES string of the molecule is O=C(Nc1ccc(N2CCN(C(=O)NC3CCCCC3)CC2)c(C(=O)N2CCCCC2)c1)c1ccc2c(c1)OCO2. The van der Waals surface area contributed by atoms with Crippen molar-refractivity contribution in [3.05, 3.63) is 47.5 Å². The minimum Gasteiger partial charge on any atom is -0.454 e. The van der Waals surface area contributed by atoms with Gasteiger partial charge in [0.2, 0.25) is 6.79 Å². The summed E-state index contributed by atoms with van der Waals surface area (Å²) in [5.74, 6) is 0.855. The highest BCUT2D eigenvalue weighted by Gasteiger charge is 2.28. The first-order valence-corrected chi connectivity index (χ1v) is 15.0. The number of piperidine rings is 1. The molecule has 0 radical (unpaired) electrons. The van der Waals surface area contributed by atoms with Gasteiger partial charge < -0.3 is 34.8 Å². The number of ether oxygens (including phenoxy) is 2. The quantitative estimate of drug-likeness (QED) is 0.559. The van der Waals surface area contributed by atoms with E-state index in [4.69, 9.17) is 9.47 Å². The van der Waals surface area contributed by atoms with Crippen LogP contribution < -0.4 is 25.0 Å². The van der Waals surface area contributed by atoms with Gasteiger partial charge >= 0.3 is 6.03 Å². The fraction of sp³-hybridized carbons (Fsp3) is 0.516. The normalized spacial score (nSPS) is 19.2. The van der Waals surface area contributed by atoms with Crippen LogP contribution in [0.15, 0.2) is 36.4 Å². The van der Waals surface area contributed by atoms with E-state index in [0.29, 0.717) is 54.5 Å². The van der Waals surface area contributed by atoms with E-state index in [-0.39, 0.29) is 30.7 Å². The lowest BCUT2D eigenvalue weighted by molar-refractivity contribution is 0.0724. The molecule has 2 aromatic rings. The first kappa shape index (κ1) is 27.2. The maximum absolute atomic E-state index is 13.8. The van der Waals surface area contributed by atoms with Gasteiger partial charge in [-0.05, 0) is 68.5 Å². The Morgan fingerprint density at radius 3 is 2.24 bits per heavy atom. The summed E-state index contributed by atoms with van der Waals surface area (Å²) in [7, 11) is 0. The molecular weight excluding hydrogens is 522 g/mol. The number of piperazine rings is 1. The number of likely N-dealkylation sites (tertiary alicyclic amines) is 1. The maximum atomic E-state index is 13.8. The zero-order valence-corrected chi connectivity index (χ0v) is 23.5. The topological polar surface area (TPSA) is 103 Å². The molecule has 1 saturated carbocycles. The molecule has 2 saturated heterocycles. The molecular formula is C31H39N5O5. The van der Waals surface area contributed by atoms with Gasteiger partial charge in [0.15, 0.2) is 11.5 Å². The van der Waals surface area contributed by atoms with Crippen molar-refractivity contribution in [3.63, 3.8) is 0 Å². The van der Waals surface area contributed by atoms with Gasteiger partial charge in [-0.1, -0.05) is 19.3 Å². The zero-order valence-electron chi connectivity index (χ0n) is 23.5. The van der Waals surface area contributed by atoms with Gasteiger partial charge in [-0.2, -0.15) is 0 Å². The summed E-state index contributed by atoms with van der Waals surface area (Å²) in [6, 6.07) is 10.9. The second kappa shape index (κ2) is 12.3. The Kier molecular flexibility index (Phi) is 8.16. The molecule has 6 rings (SSSR count). The molecule has 10 heteroatoms. The van der Waals surface area contributed by atoms with E-state index >= 15 is 0 Å². The van der Waals surface area contributed by atoms with E-state index < -0.39 is 0 Å². The Labute approximate surface area is 240 Å². The summed E-state index contributed by atoms with van der Waals surface area (Å²) in [5, 5.41) is 6.17. The number of rotatable bonds is 5. The van der Waals surface area contributed by atoms with Gasteiger partial charge in [0, 0.05) is 62.2 Å². The lowest BCUT2D eigenvalue weighted by atomic mass is 9.96. The number of carbonyl (C=O) groups is 3. The fourth-order valence-corrected chi connectivity index (χ4v) is 6.23. The van der Waals surface area contributed by atoms with Crippen molar-refractivity contribution < 1.29 is 23.9 Å². The summed E-state index contributed by atoms with van der Waals surface area (Å²) in [5.41, 5.74) is 2.43. The number of carbonyl (C=O) groups excluding carboxylic acids is 3. The first-order valence-electron chi connectivity index (χ1n) is 15.0. The van der Waals surface area contributed by atoms with Crippen molar-refractivity contribution >= 4 is 29.2 Å². The van der Waals surface area contributed by atoms with E-state index in [1.165, 1.54) is 19.3 Å². The molecule has 218 valence electrons. The van der Waals surface area contributed by atoms with Gasteiger partial charge in [-0.25, -0.2) is 4.79 Å². The molecule has 10 nitrogen and oxygen atoms in total. The molecule has 0 unspecified atom stereocenters. The molecule has 0 bridgehead atoms. The number of benzene rings is 2. The molecule has 3 heterocycles.